The number of hydrogen-bond donors (Lipinski definition) is 1. The molecule has 3 aliphatic rings. The van der Waals surface area contributed by atoms with Crippen molar-refractivity contribution in [3.8, 4) is 0 Å². The largest absolute Gasteiger partial charge is 0.388 e. The van der Waals surface area contributed by atoms with E-state index in [9.17, 15) is 5.11 Å². The highest BCUT2D eigenvalue weighted by molar-refractivity contribution is 5.28. The molecule has 1 spiro atoms. The van der Waals surface area contributed by atoms with Crippen LogP contribution in [0, 0.1) is 28.6 Å². The Morgan fingerprint density at radius 2 is 2.00 bits per heavy atom. The quantitative estimate of drug-likeness (QED) is 0.620. The Kier molecular flexibility index (Phi) is 1.98. The van der Waals surface area contributed by atoms with Crippen LogP contribution in [0.2, 0.25) is 0 Å². The first-order valence-electron chi connectivity index (χ1n) is 6.77. The van der Waals surface area contributed by atoms with Gasteiger partial charge >= 0.3 is 0 Å². The normalized spacial score (nSPS) is 53.7. The molecular formula is C15H24O. The first-order valence-corrected chi connectivity index (χ1v) is 6.77. The number of rotatable bonds is 0. The molecule has 0 radical (unpaired) electrons. The molecule has 2 fully saturated rings. The molecule has 5 atom stereocenters. The molecule has 2 saturated carbocycles. The highest BCUT2D eigenvalue weighted by Gasteiger charge is 2.66. The molecular weight excluding hydrogens is 196 g/mol. The predicted molar refractivity (Wildman–Crippen MR) is 66.0 cm³/mol. The molecule has 0 aromatic heterocycles. The minimum absolute atomic E-state index is 0.187. The lowest BCUT2D eigenvalue weighted by Gasteiger charge is -2.40. The lowest BCUT2D eigenvalue weighted by atomic mass is 9.66. The first kappa shape index (κ1) is 10.8. The summed E-state index contributed by atoms with van der Waals surface area (Å²) in [5.74, 6) is 2.13. The van der Waals surface area contributed by atoms with E-state index in [2.05, 4.69) is 33.8 Å². The molecule has 0 aromatic carbocycles. The van der Waals surface area contributed by atoms with Crippen molar-refractivity contribution in [3.05, 3.63) is 11.6 Å². The molecule has 3 rings (SSSR count). The van der Waals surface area contributed by atoms with Gasteiger partial charge in [-0.1, -0.05) is 32.4 Å². The summed E-state index contributed by atoms with van der Waals surface area (Å²) in [6.45, 7) is 9.43. The molecule has 1 heteroatoms. The van der Waals surface area contributed by atoms with Gasteiger partial charge in [0.1, 0.15) is 0 Å². The second kappa shape index (κ2) is 2.93. The maximum atomic E-state index is 10.6. The Morgan fingerprint density at radius 1 is 1.31 bits per heavy atom. The minimum Gasteiger partial charge on any atom is -0.388 e. The van der Waals surface area contributed by atoms with E-state index in [1.807, 2.05) is 0 Å². The molecule has 0 saturated heterocycles. The van der Waals surface area contributed by atoms with Gasteiger partial charge in [-0.15, -0.1) is 0 Å². The standard InChI is InChI=1S/C15H24O/c1-9-7-13(16)15-8-11(9)14(3,4)12(15)6-5-10(15)2/h7,10-13,16H,5-6,8H2,1-4H3. The Balaban J connectivity index is 2.16. The van der Waals surface area contributed by atoms with Crippen LogP contribution < -0.4 is 0 Å². The van der Waals surface area contributed by atoms with Gasteiger partial charge in [0.2, 0.25) is 0 Å². The maximum absolute atomic E-state index is 10.6. The van der Waals surface area contributed by atoms with Crippen molar-refractivity contribution in [1.82, 2.24) is 0 Å². The lowest BCUT2D eigenvalue weighted by Crippen LogP contribution is -2.41. The number of aliphatic hydroxyl groups excluding tert-OH is 1. The van der Waals surface area contributed by atoms with Gasteiger partial charge < -0.3 is 5.11 Å². The van der Waals surface area contributed by atoms with E-state index < -0.39 is 0 Å². The third-order valence-electron chi connectivity index (χ3n) is 6.33. The van der Waals surface area contributed by atoms with E-state index in [-0.39, 0.29) is 11.5 Å². The summed E-state index contributed by atoms with van der Waals surface area (Å²) in [5, 5.41) is 10.6. The summed E-state index contributed by atoms with van der Waals surface area (Å²) in [6, 6.07) is 0. The molecule has 0 heterocycles. The van der Waals surface area contributed by atoms with Crippen LogP contribution in [0.4, 0.5) is 0 Å². The Labute approximate surface area is 98.9 Å². The summed E-state index contributed by atoms with van der Waals surface area (Å²) < 4.78 is 0. The SMILES string of the molecule is CC1=CC(O)C23CC1C(C)(C)C2CCC3C. The van der Waals surface area contributed by atoms with Crippen LogP contribution in [-0.2, 0) is 0 Å². The van der Waals surface area contributed by atoms with Crippen molar-refractivity contribution >= 4 is 0 Å². The van der Waals surface area contributed by atoms with Gasteiger partial charge in [0.25, 0.3) is 0 Å². The Bertz CT molecular complexity index is 354. The van der Waals surface area contributed by atoms with Crippen LogP contribution in [0.5, 0.6) is 0 Å². The topological polar surface area (TPSA) is 20.2 Å². The molecule has 0 amide bonds. The van der Waals surface area contributed by atoms with Gasteiger partial charge in [0, 0.05) is 5.41 Å². The van der Waals surface area contributed by atoms with Gasteiger partial charge in [-0.2, -0.15) is 0 Å². The molecule has 90 valence electrons. The van der Waals surface area contributed by atoms with Crippen molar-refractivity contribution in [2.75, 3.05) is 0 Å². The highest BCUT2D eigenvalue weighted by Crippen LogP contribution is 2.71. The molecule has 0 aliphatic heterocycles. The van der Waals surface area contributed by atoms with Crippen LogP contribution in [-0.4, -0.2) is 11.2 Å². The van der Waals surface area contributed by atoms with Gasteiger partial charge in [-0.25, -0.2) is 0 Å². The Hall–Kier alpha value is -0.300. The summed E-state index contributed by atoms with van der Waals surface area (Å²) in [7, 11) is 0. The van der Waals surface area contributed by atoms with E-state index in [0.29, 0.717) is 17.3 Å². The fourth-order valence-electron chi connectivity index (χ4n) is 5.45. The summed E-state index contributed by atoms with van der Waals surface area (Å²) in [4.78, 5) is 0. The molecule has 3 aliphatic carbocycles. The average molecular weight is 220 g/mol. The summed E-state index contributed by atoms with van der Waals surface area (Å²) >= 11 is 0. The van der Waals surface area contributed by atoms with Crippen LogP contribution in [0.15, 0.2) is 11.6 Å². The van der Waals surface area contributed by atoms with E-state index >= 15 is 0 Å². The first-order chi connectivity index (χ1) is 7.40. The second-order valence-electron chi connectivity index (χ2n) is 7.08. The van der Waals surface area contributed by atoms with Crippen LogP contribution >= 0.6 is 0 Å². The van der Waals surface area contributed by atoms with Crippen molar-refractivity contribution in [1.29, 1.82) is 0 Å². The zero-order valence-corrected chi connectivity index (χ0v) is 11.0. The molecule has 2 bridgehead atoms. The van der Waals surface area contributed by atoms with E-state index in [1.54, 1.807) is 0 Å². The van der Waals surface area contributed by atoms with Crippen molar-refractivity contribution < 1.29 is 5.11 Å². The monoisotopic (exact) mass is 220 g/mol. The van der Waals surface area contributed by atoms with Crippen molar-refractivity contribution in [2.45, 2.75) is 53.1 Å². The minimum atomic E-state index is -0.187. The van der Waals surface area contributed by atoms with Crippen molar-refractivity contribution in [3.63, 3.8) is 0 Å². The number of allylic oxidation sites excluding steroid dienone is 1. The molecule has 1 N–H and O–H groups in total. The predicted octanol–water partition coefficient (Wildman–Crippen LogP) is 3.39. The highest BCUT2D eigenvalue weighted by atomic mass is 16.3. The summed E-state index contributed by atoms with van der Waals surface area (Å²) in [6.07, 6.45) is 5.84. The van der Waals surface area contributed by atoms with Gasteiger partial charge in [0.15, 0.2) is 0 Å². The number of hydrogen-bond acceptors (Lipinski definition) is 1. The third kappa shape index (κ3) is 0.971. The van der Waals surface area contributed by atoms with E-state index in [1.165, 1.54) is 24.8 Å². The fraction of sp³-hybridized carbons (Fsp3) is 0.867. The molecule has 1 nitrogen and oxygen atoms in total. The lowest BCUT2D eigenvalue weighted by molar-refractivity contribution is -0.00264. The Morgan fingerprint density at radius 3 is 2.69 bits per heavy atom. The third-order valence-corrected chi connectivity index (χ3v) is 6.33. The zero-order valence-electron chi connectivity index (χ0n) is 11.0. The van der Waals surface area contributed by atoms with Gasteiger partial charge in [-0.05, 0) is 49.4 Å². The molecule has 0 aromatic rings. The van der Waals surface area contributed by atoms with Crippen molar-refractivity contribution in [2.24, 2.45) is 28.6 Å². The number of fused-ring (bicyclic) bond motifs is 1. The smallest absolute Gasteiger partial charge is 0.0785 e. The van der Waals surface area contributed by atoms with Gasteiger partial charge in [-0.3, -0.25) is 0 Å². The average Bonchev–Trinajstić information content (AvgIpc) is 2.61. The zero-order chi connectivity index (χ0) is 11.7. The number of aliphatic hydroxyl groups is 1. The van der Waals surface area contributed by atoms with E-state index in [4.69, 9.17) is 0 Å². The molecule has 16 heavy (non-hydrogen) atoms. The second-order valence-corrected chi connectivity index (χ2v) is 7.08. The van der Waals surface area contributed by atoms with Crippen LogP contribution in [0.25, 0.3) is 0 Å². The maximum Gasteiger partial charge on any atom is 0.0785 e. The fourth-order valence-corrected chi connectivity index (χ4v) is 5.45. The molecule has 5 unspecified atom stereocenters. The van der Waals surface area contributed by atoms with Crippen LogP contribution in [0.3, 0.4) is 0 Å². The van der Waals surface area contributed by atoms with E-state index in [0.717, 1.165) is 5.92 Å². The van der Waals surface area contributed by atoms with Crippen LogP contribution in [0.1, 0.15) is 47.0 Å². The summed E-state index contributed by atoms with van der Waals surface area (Å²) in [5.41, 5.74) is 2.04. The van der Waals surface area contributed by atoms with Gasteiger partial charge in [0.05, 0.1) is 6.10 Å².